The number of rotatable bonds is 2. The fourth-order valence-corrected chi connectivity index (χ4v) is 2.48. The van der Waals surface area contributed by atoms with E-state index in [9.17, 15) is 10.2 Å². The number of anilines is 1. The second-order valence-electron chi connectivity index (χ2n) is 5.00. The van der Waals surface area contributed by atoms with Gasteiger partial charge in [0.15, 0.2) is 23.2 Å². The third kappa shape index (κ3) is 4.41. The van der Waals surface area contributed by atoms with Crippen LogP contribution in [0.2, 0.25) is 5.28 Å². The Hall–Kier alpha value is -1.41. The zero-order valence-electron chi connectivity index (χ0n) is 12.4. The molecular weight excluding hydrogens is 383 g/mol. The van der Waals surface area contributed by atoms with Gasteiger partial charge in [-0.2, -0.15) is 0 Å². The van der Waals surface area contributed by atoms with Crippen LogP contribution in [-0.2, 0) is 9.30 Å². The molecule has 140 valence electrons. The Bertz CT molecular complexity index is 791. The van der Waals surface area contributed by atoms with Gasteiger partial charge in [-0.3, -0.25) is 4.57 Å². The molecule has 0 bridgehead atoms. The molecule has 0 spiro atoms. The van der Waals surface area contributed by atoms with Gasteiger partial charge in [-0.15, -0.1) is 0 Å². The third-order valence-electron chi connectivity index (χ3n) is 3.23. The first-order valence-electron chi connectivity index (χ1n) is 6.65. The van der Waals surface area contributed by atoms with Crippen molar-refractivity contribution in [1.29, 1.82) is 0 Å². The molecule has 1 fully saturated rings. The van der Waals surface area contributed by atoms with E-state index in [-0.39, 0.29) is 22.3 Å². The lowest BCUT2D eigenvalue weighted by atomic mass is 10.1. The summed E-state index contributed by atoms with van der Waals surface area (Å²) in [7, 11) is -4.14. The van der Waals surface area contributed by atoms with Gasteiger partial charge in [0.2, 0.25) is 5.28 Å². The van der Waals surface area contributed by atoms with Crippen molar-refractivity contribution >= 4 is 36.3 Å². The molecule has 0 radical (unpaired) electrons. The van der Waals surface area contributed by atoms with Crippen LogP contribution in [0.25, 0.3) is 11.2 Å². The van der Waals surface area contributed by atoms with E-state index in [1.165, 1.54) is 10.9 Å². The third-order valence-corrected chi connectivity index (χ3v) is 3.50. The van der Waals surface area contributed by atoms with E-state index >= 15 is 0 Å². The molecule has 4 atom stereocenters. The van der Waals surface area contributed by atoms with Gasteiger partial charge in [0, 0.05) is 0 Å². The van der Waals surface area contributed by atoms with Crippen molar-refractivity contribution in [1.82, 2.24) is 19.5 Å². The largest absolute Gasteiger partial charge is 0.397 e. The lowest BCUT2D eigenvalue weighted by Gasteiger charge is -2.17. The molecule has 2 aromatic rings. The fourth-order valence-electron chi connectivity index (χ4n) is 2.22. The van der Waals surface area contributed by atoms with Crippen LogP contribution >= 0.6 is 19.3 Å². The minimum absolute atomic E-state index is 0.0120. The molecule has 13 nitrogen and oxygen atoms in total. The predicted octanol–water partition coefficient (Wildman–Crippen LogP) is -2.29. The van der Waals surface area contributed by atoms with Crippen LogP contribution < -0.4 is 11.2 Å². The Labute approximate surface area is 145 Å². The van der Waals surface area contributed by atoms with Crippen molar-refractivity contribution in [3.8, 4) is 0 Å². The Kier molecular flexibility index (Phi) is 5.93. The number of ether oxygens (including phenoxy) is 1. The van der Waals surface area contributed by atoms with E-state index in [0.717, 1.165) is 0 Å². The van der Waals surface area contributed by atoms with Crippen molar-refractivity contribution in [2.45, 2.75) is 24.5 Å². The molecule has 2 aromatic heterocycles. The van der Waals surface area contributed by atoms with E-state index in [4.69, 9.17) is 41.5 Å². The quantitative estimate of drug-likeness (QED) is 0.209. The first-order chi connectivity index (χ1) is 11.5. The fraction of sp³-hybridized carbons (Fsp3) is 0.500. The molecule has 3 heterocycles. The van der Waals surface area contributed by atoms with Crippen LogP contribution in [0, 0.1) is 0 Å². The molecule has 3 rings (SSSR count). The lowest BCUT2D eigenvalue weighted by Crippen LogP contribution is -2.33. The predicted molar refractivity (Wildman–Crippen MR) is 84.0 cm³/mol. The van der Waals surface area contributed by atoms with Crippen LogP contribution in [0.15, 0.2) is 6.33 Å². The molecule has 0 unspecified atom stereocenters. The van der Waals surface area contributed by atoms with Gasteiger partial charge in [0.1, 0.15) is 24.6 Å². The van der Waals surface area contributed by atoms with Gasteiger partial charge < -0.3 is 35.6 Å². The van der Waals surface area contributed by atoms with E-state index < -0.39 is 38.9 Å². The summed E-state index contributed by atoms with van der Waals surface area (Å²) >= 11 is 6.02. The lowest BCUT2D eigenvalue weighted by molar-refractivity contribution is -0.0509. The normalized spacial score (nSPS) is 26.5. The number of aromatic nitrogens is 4. The number of nitrogens with zero attached hydrogens (tertiary/aromatic N) is 4. The highest BCUT2D eigenvalue weighted by Gasteiger charge is 2.44. The Morgan fingerprint density at radius 1 is 1.32 bits per heavy atom. The van der Waals surface area contributed by atoms with Crippen LogP contribution in [0.1, 0.15) is 6.23 Å². The summed E-state index contributed by atoms with van der Waals surface area (Å²) in [5, 5.41) is 28.9. The number of hydrogen-bond acceptors (Lipinski definition) is 9. The smallest absolute Gasteiger partial charge is 0.394 e. The molecule has 25 heavy (non-hydrogen) atoms. The van der Waals surface area contributed by atoms with Crippen molar-refractivity contribution in [3.63, 3.8) is 0 Å². The maximum atomic E-state index is 10.0. The van der Waals surface area contributed by atoms with Gasteiger partial charge in [0.05, 0.1) is 6.61 Å². The Balaban J connectivity index is 0.000000399. The average molecular weight is 399 g/mol. The molecule has 15 heteroatoms. The molecule has 0 amide bonds. The standard InChI is InChI=1S/C10H12ClN5O4.H4NO3P/c11-10-15-4-7(12)13-2-14-8(4)16(10)9-6(19)5(18)3(1-17)20-9;1-5(2,3)4/h2-3,5-6,9,17-19H,1H2,(H2,12,13,14);(H4,1,2,3,4)/t3-,5-,6-,9-;/m1./s1. The first kappa shape index (κ1) is 19.9. The first-order valence-corrected chi connectivity index (χ1v) is 8.71. The zero-order valence-corrected chi connectivity index (χ0v) is 14.1. The number of aliphatic hydroxyl groups excluding tert-OH is 3. The maximum absolute atomic E-state index is 10.0. The highest BCUT2D eigenvalue weighted by Crippen LogP contribution is 2.34. The maximum Gasteiger partial charge on any atom is 0.397 e. The molecule has 0 saturated carbocycles. The van der Waals surface area contributed by atoms with Crippen molar-refractivity contribution in [3.05, 3.63) is 11.6 Å². The van der Waals surface area contributed by atoms with Crippen LogP contribution in [-0.4, -0.2) is 69.5 Å². The number of imidazole rings is 1. The minimum Gasteiger partial charge on any atom is -0.394 e. The minimum atomic E-state index is -4.14. The molecular formula is C10H16ClN6O7P. The van der Waals surface area contributed by atoms with Crippen LogP contribution in [0.3, 0.4) is 0 Å². The molecule has 1 saturated heterocycles. The monoisotopic (exact) mass is 398 g/mol. The summed E-state index contributed by atoms with van der Waals surface area (Å²) in [6, 6.07) is 0. The number of halogens is 1. The summed E-state index contributed by atoms with van der Waals surface area (Å²) in [5.41, 5.74) is 10.2. The highest BCUT2D eigenvalue weighted by molar-refractivity contribution is 7.49. The number of nitrogens with two attached hydrogens (primary N) is 2. The summed E-state index contributed by atoms with van der Waals surface area (Å²) in [4.78, 5) is 26.6. The molecule has 9 N–H and O–H groups in total. The molecule has 0 aliphatic carbocycles. The second kappa shape index (κ2) is 7.45. The Morgan fingerprint density at radius 2 is 1.92 bits per heavy atom. The number of hydrogen-bond donors (Lipinski definition) is 7. The molecule has 0 aromatic carbocycles. The number of aliphatic hydroxyl groups is 3. The SMILES string of the molecule is NP(=O)(O)O.Nc1ncnc2c1nc(Cl)n2[C@@H]1O[C@H](CO)[C@@H](O)[C@H]1O. The van der Waals surface area contributed by atoms with Crippen LogP contribution in [0.4, 0.5) is 5.82 Å². The molecule has 1 aliphatic rings. The summed E-state index contributed by atoms with van der Waals surface area (Å²) < 4.78 is 15.8. The topological polar surface area (TPSA) is 223 Å². The van der Waals surface area contributed by atoms with E-state index in [1.54, 1.807) is 0 Å². The van der Waals surface area contributed by atoms with Gasteiger partial charge in [-0.25, -0.2) is 25.0 Å². The van der Waals surface area contributed by atoms with E-state index in [1.807, 2.05) is 0 Å². The highest BCUT2D eigenvalue weighted by atomic mass is 35.5. The second-order valence-corrected chi connectivity index (χ2v) is 6.52. The Morgan fingerprint density at radius 3 is 2.44 bits per heavy atom. The summed E-state index contributed by atoms with van der Waals surface area (Å²) in [6.45, 7) is -0.434. The van der Waals surface area contributed by atoms with Gasteiger partial charge in [0.25, 0.3) is 0 Å². The van der Waals surface area contributed by atoms with Crippen molar-refractivity contribution in [2.24, 2.45) is 5.50 Å². The van der Waals surface area contributed by atoms with Gasteiger partial charge in [-0.1, -0.05) is 0 Å². The van der Waals surface area contributed by atoms with Crippen molar-refractivity contribution < 1.29 is 34.4 Å². The van der Waals surface area contributed by atoms with E-state index in [0.29, 0.717) is 0 Å². The zero-order chi connectivity index (χ0) is 18.9. The summed E-state index contributed by atoms with van der Waals surface area (Å²) in [6.07, 6.45) is -3.22. The summed E-state index contributed by atoms with van der Waals surface area (Å²) in [5.74, 6) is 0.141. The van der Waals surface area contributed by atoms with Gasteiger partial charge in [-0.05, 0) is 11.6 Å². The van der Waals surface area contributed by atoms with Gasteiger partial charge >= 0.3 is 7.75 Å². The number of nitrogen functional groups attached to an aromatic ring is 1. The molecule has 1 aliphatic heterocycles. The van der Waals surface area contributed by atoms with Crippen LogP contribution in [0.5, 0.6) is 0 Å². The van der Waals surface area contributed by atoms with E-state index in [2.05, 4.69) is 20.5 Å². The average Bonchev–Trinajstić information content (AvgIpc) is 2.96. The van der Waals surface area contributed by atoms with Crippen molar-refractivity contribution in [2.75, 3.05) is 12.3 Å². The number of fused-ring (bicyclic) bond motifs is 1.